The summed E-state index contributed by atoms with van der Waals surface area (Å²) in [5.41, 5.74) is 2.03. The number of aromatic nitrogens is 3. The molecule has 2 aromatic heterocycles. The fourth-order valence-electron chi connectivity index (χ4n) is 1.60. The highest BCUT2D eigenvalue weighted by Gasteiger charge is 2.12. The van der Waals surface area contributed by atoms with Gasteiger partial charge in [-0.25, -0.2) is 0 Å². The fourth-order valence-corrected chi connectivity index (χ4v) is 1.60. The molecule has 0 bridgehead atoms. The molecule has 0 aliphatic heterocycles. The van der Waals surface area contributed by atoms with Gasteiger partial charge in [0.15, 0.2) is 0 Å². The molecule has 0 saturated heterocycles. The van der Waals surface area contributed by atoms with Gasteiger partial charge in [0.05, 0.1) is 0 Å². The van der Waals surface area contributed by atoms with Crippen molar-refractivity contribution in [3.05, 3.63) is 54.7 Å². The highest BCUT2D eigenvalue weighted by atomic mass is 15.3. The molecule has 72 valence electrons. The van der Waals surface area contributed by atoms with E-state index in [9.17, 15) is 0 Å². The highest BCUT2D eigenvalue weighted by Crippen LogP contribution is 2.12. The number of aromatic amines is 1. The average molecular weight is 196 g/mol. The lowest BCUT2D eigenvalue weighted by molar-refractivity contribution is -0.576. The minimum Gasteiger partial charge on any atom is -0.182 e. The second kappa shape index (κ2) is 3.20. The monoisotopic (exact) mass is 196 g/mol. The molecule has 0 unspecified atom stereocenters. The zero-order valence-corrected chi connectivity index (χ0v) is 8.09. The number of pyridine rings is 1. The molecule has 0 radical (unpaired) electrons. The maximum absolute atomic E-state index is 4.49. The Balaban J connectivity index is 2.21. The molecule has 0 saturated carbocycles. The van der Waals surface area contributed by atoms with E-state index in [4.69, 9.17) is 0 Å². The minimum atomic E-state index is 0.891. The summed E-state index contributed by atoms with van der Waals surface area (Å²) in [6, 6.07) is 16.0. The Hall–Kier alpha value is -2.16. The molecule has 3 rings (SSSR count). The van der Waals surface area contributed by atoms with Gasteiger partial charge in [0.2, 0.25) is 0 Å². The molecule has 3 nitrogen and oxygen atoms in total. The first-order chi connectivity index (χ1) is 7.43. The Morgan fingerprint density at radius 2 is 1.73 bits per heavy atom. The molecule has 1 aromatic carbocycles. The van der Waals surface area contributed by atoms with Gasteiger partial charge < -0.3 is 0 Å². The molecule has 0 aliphatic rings. The Morgan fingerprint density at radius 1 is 0.933 bits per heavy atom. The van der Waals surface area contributed by atoms with E-state index in [2.05, 4.69) is 10.1 Å². The number of rotatable bonds is 1. The van der Waals surface area contributed by atoms with Crippen LogP contribution in [0.3, 0.4) is 0 Å². The second-order valence-corrected chi connectivity index (χ2v) is 3.37. The topological polar surface area (TPSA) is 32.8 Å². The van der Waals surface area contributed by atoms with Gasteiger partial charge in [-0.05, 0) is 23.2 Å². The number of fused-ring (bicyclic) bond motifs is 1. The molecular weight excluding hydrogens is 186 g/mol. The first-order valence-corrected chi connectivity index (χ1v) is 4.85. The Kier molecular flexibility index (Phi) is 1.75. The predicted octanol–water partition coefficient (Wildman–Crippen LogP) is 1.82. The smallest absolute Gasteiger partial charge is 0.182 e. The minimum absolute atomic E-state index is 0.891. The maximum atomic E-state index is 4.49. The molecule has 0 spiro atoms. The van der Waals surface area contributed by atoms with E-state index in [-0.39, 0.29) is 0 Å². The lowest BCUT2D eigenvalue weighted by atomic mass is 10.2. The van der Waals surface area contributed by atoms with E-state index in [0.29, 0.717) is 0 Å². The van der Waals surface area contributed by atoms with Crippen LogP contribution in [-0.2, 0) is 0 Å². The van der Waals surface area contributed by atoms with Crippen LogP contribution in [-0.4, -0.2) is 10.1 Å². The number of hydrogen-bond donors (Lipinski definition) is 1. The quantitative estimate of drug-likeness (QED) is 0.591. The van der Waals surface area contributed by atoms with Crippen LogP contribution in [0.4, 0.5) is 0 Å². The number of H-pyrrole nitrogens is 1. The zero-order valence-electron chi connectivity index (χ0n) is 8.09. The van der Waals surface area contributed by atoms with Crippen molar-refractivity contribution in [2.45, 2.75) is 0 Å². The molecule has 0 amide bonds. The molecule has 0 aliphatic carbocycles. The number of hydrogen-bond acceptors (Lipinski definition) is 1. The number of benzene rings is 1. The molecular formula is C12H10N3+. The van der Waals surface area contributed by atoms with E-state index in [1.54, 1.807) is 0 Å². The van der Waals surface area contributed by atoms with Gasteiger partial charge in [-0.15, -0.1) is 4.52 Å². The van der Waals surface area contributed by atoms with E-state index in [1.165, 1.54) is 0 Å². The Morgan fingerprint density at radius 3 is 2.53 bits per heavy atom. The van der Waals surface area contributed by atoms with Gasteiger partial charge >= 0.3 is 5.65 Å². The summed E-state index contributed by atoms with van der Waals surface area (Å²) in [5.74, 6) is 0.891. The van der Waals surface area contributed by atoms with Crippen LogP contribution in [0.25, 0.3) is 17.0 Å². The summed E-state index contributed by atoms with van der Waals surface area (Å²) >= 11 is 0. The summed E-state index contributed by atoms with van der Waals surface area (Å²) in [5, 5.41) is 3.22. The normalized spacial score (nSPS) is 10.7. The van der Waals surface area contributed by atoms with Crippen molar-refractivity contribution >= 4 is 5.65 Å². The van der Waals surface area contributed by atoms with E-state index >= 15 is 0 Å². The van der Waals surface area contributed by atoms with Crippen molar-refractivity contribution in [1.82, 2.24) is 10.1 Å². The third-order valence-corrected chi connectivity index (χ3v) is 2.34. The summed E-state index contributed by atoms with van der Waals surface area (Å²) < 4.78 is 1.91. The van der Waals surface area contributed by atoms with Crippen molar-refractivity contribution in [3.63, 3.8) is 0 Å². The third-order valence-electron chi connectivity index (χ3n) is 2.34. The fraction of sp³-hybridized carbons (Fsp3) is 0. The van der Waals surface area contributed by atoms with Crippen LogP contribution in [0.15, 0.2) is 54.7 Å². The van der Waals surface area contributed by atoms with Crippen molar-refractivity contribution in [2.75, 3.05) is 0 Å². The van der Waals surface area contributed by atoms with E-state index in [1.807, 2.05) is 59.2 Å². The Bertz CT molecular complexity index is 551. The molecule has 3 heteroatoms. The maximum Gasteiger partial charge on any atom is 0.349 e. The molecule has 2 heterocycles. The van der Waals surface area contributed by atoms with Crippen molar-refractivity contribution in [1.29, 1.82) is 0 Å². The lowest BCUT2D eigenvalue weighted by Crippen LogP contribution is -2.21. The van der Waals surface area contributed by atoms with Crippen LogP contribution in [0, 0.1) is 0 Å². The summed E-state index contributed by atoms with van der Waals surface area (Å²) in [4.78, 5) is 4.49. The van der Waals surface area contributed by atoms with E-state index < -0.39 is 0 Å². The molecule has 0 fully saturated rings. The van der Waals surface area contributed by atoms with Gasteiger partial charge in [0.1, 0.15) is 6.20 Å². The third kappa shape index (κ3) is 1.38. The van der Waals surface area contributed by atoms with Gasteiger partial charge in [0, 0.05) is 11.6 Å². The lowest BCUT2D eigenvalue weighted by Gasteiger charge is -1.87. The Labute approximate surface area is 87.0 Å². The highest BCUT2D eigenvalue weighted by molar-refractivity contribution is 5.55. The van der Waals surface area contributed by atoms with Crippen molar-refractivity contribution < 1.29 is 4.52 Å². The zero-order chi connectivity index (χ0) is 10.1. The molecule has 1 N–H and O–H groups in total. The van der Waals surface area contributed by atoms with Gasteiger partial charge in [0.25, 0.3) is 5.82 Å². The van der Waals surface area contributed by atoms with Gasteiger partial charge in [-0.2, -0.15) is 5.10 Å². The molecule has 3 aromatic rings. The van der Waals surface area contributed by atoms with Crippen molar-refractivity contribution in [2.24, 2.45) is 0 Å². The molecule has 15 heavy (non-hydrogen) atoms. The summed E-state index contributed by atoms with van der Waals surface area (Å²) in [6.07, 6.45) is 1.95. The SMILES string of the molecule is c1ccc(-c2nc3cccc[n+]3[nH]2)cc1. The molecule has 0 atom stereocenters. The standard InChI is InChI=1S/C12H9N3/c1-2-6-10(7-3-1)12-13-11-8-4-5-9-15(11)14-12/h1-9H/p+1. The first-order valence-electron chi connectivity index (χ1n) is 4.85. The number of nitrogens with zero attached hydrogens (tertiary/aromatic N) is 2. The predicted molar refractivity (Wildman–Crippen MR) is 57.2 cm³/mol. The second-order valence-electron chi connectivity index (χ2n) is 3.37. The summed E-state index contributed by atoms with van der Waals surface area (Å²) in [7, 11) is 0. The van der Waals surface area contributed by atoms with Crippen LogP contribution >= 0.6 is 0 Å². The van der Waals surface area contributed by atoms with Crippen LogP contribution < -0.4 is 4.52 Å². The first kappa shape index (κ1) is 8.17. The average Bonchev–Trinajstić information content (AvgIpc) is 2.74. The van der Waals surface area contributed by atoms with Crippen LogP contribution in [0.1, 0.15) is 0 Å². The van der Waals surface area contributed by atoms with Crippen LogP contribution in [0.5, 0.6) is 0 Å². The van der Waals surface area contributed by atoms with Crippen LogP contribution in [0.2, 0.25) is 0 Å². The van der Waals surface area contributed by atoms with Crippen molar-refractivity contribution in [3.8, 4) is 11.4 Å². The van der Waals surface area contributed by atoms with Gasteiger partial charge in [-0.1, -0.05) is 24.3 Å². The largest absolute Gasteiger partial charge is 0.349 e. The number of nitrogens with one attached hydrogen (secondary N) is 1. The van der Waals surface area contributed by atoms with E-state index in [0.717, 1.165) is 17.0 Å². The van der Waals surface area contributed by atoms with Gasteiger partial charge in [-0.3, -0.25) is 0 Å². The summed E-state index contributed by atoms with van der Waals surface area (Å²) in [6.45, 7) is 0.